The monoisotopic (exact) mass is 177 g/mol. The normalized spacial score (nSPS) is 10.1. The van der Waals surface area contributed by atoms with E-state index >= 15 is 0 Å². The summed E-state index contributed by atoms with van der Waals surface area (Å²) in [6, 6.07) is 0. The van der Waals surface area contributed by atoms with Gasteiger partial charge in [-0.25, -0.2) is 0 Å². The molecule has 0 spiro atoms. The van der Waals surface area contributed by atoms with Crippen LogP contribution >= 0.6 is 11.8 Å². The summed E-state index contributed by atoms with van der Waals surface area (Å²) in [6.07, 6.45) is 1.53. The van der Waals surface area contributed by atoms with Gasteiger partial charge in [0.1, 0.15) is 4.90 Å². The zero-order valence-corrected chi connectivity index (χ0v) is 6.45. The van der Waals surface area contributed by atoms with E-state index in [0.29, 0.717) is 0 Å². The predicted molar refractivity (Wildman–Crippen MR) is 38.1 cm³/mol. The third-order valence-corrected chi connectivity index (χ3v) is 1.75. The molecule has 0 fully saturated rings. The zero-order chi connectivity index (χ0) is 8.43. The maximum Gasteiger partial charge on any atom is 0.234 e. The summed E-state index contributed by atoms with van der Waals surface area (Å²) in [5.74, 6) is -2.22. The molecular formula is C5H5F2N3S. The van der Waals surface area contributed by atoms with E-state index in [9.17, 15) is 8.78 Å². The molecule has 1 rings (SSSR count). The van der Waals surface area contributed by atoms with Crippen molar-refractivity contribution in [1.82, 2.24) is 9.97 Å². The number of aromatic nitrogens is 2. The van der Waals surface area contributed by atoms with Gasteiger partial charge in [0, 0.05) is 0 Å². The summed E-state index contributed by atoms with van der Waals surface area (Å²) in [5, 5.41) is 0. The largest absolute Gasteiger partial charge is 0.368 e. The summed E-state index contributed by atoms with van der Waals surface area (Å²) >= 11 is 0.900. The Morgan fingerprint density at radius 1 is 1.27 bits per heavy atom. The van der Waals surface area contributed by atoms with E-state index in [0.717, 1.165) is 11.8 Å². The van der Waals surface area contributed by atoms with Crippen molar-refractivity contribution in [3.63, 3.8) is 0 Å². The summed E-state index contributed by atoms with van der Waals surface area (Å²) in [6.45, 7) is 0. The fraction of sp³-hybridized carbons (Fsp3) is 0.200. The van der Waals surface area contributed by atoms with Crippen LogP contribution < -0.4 is 5.73 Å². The number of anilines is 1. The molecule has 0 amide bonds. The van der Waals surface area contributed by atoms with E-state index in [-0.39, 0.29) is 4.90 Å². The van der Waals surface area contributed by atoms with Crippen LogP contribution in [-0.4, -0.2) is 16.2 Å². The molecule has 0 aliphatic carbocycles. The fourth-order valence-corrected chi connectivity index (χ4v) is 1.01. The molecule has 1 aromatic heterocycles. The molecule has 1 aromatic rings. The van der Waals surface area contributed by atoms with Gasteiger partial charge in [-0.1, -0.05) is 0 Å². The van der Waals surface area contributed by atoms with Crippen LogP contribution in [0.1, 0.15) is 0 Å². The van der Waals surface area contributed by atoms with Crippen LogP contribution in [0, 0.1) is 11.9 Å². The van der Waals surface area contributed by atoms with Crippen LogP contribution in [0.5, 0.6) is 0 Å². The Labute approximate surface area is 66.0 Å². The second kappa shape index (κ2) is 3.00. The number of halogens is 2. The van der Waals surface area contributed by atoms with E-state index in [1.807, 2.05) is 0 Å². The second-order valence-corrected chi connectivity index (χ2v) is 2.51. The first-order valence-electron chi connectivity index (χ1n) is 2.67. The molecular weight excluding hydrogens is 172 g/mol. The molecule has 0 bridgehead atoms. The summed E-state index contributed by atoms with van der Waals surface area (Å²) in [4.78, 5) is 6.08. The van der Waals surface area contributed by atoms with Crippen molar-refractivity contribution in [3.05, 3.63) is 11.9 Å². The van der Waals surface area contributed by atoms with Crippen LogP contribution in [0.2, 0.25) is 0 Å². The summed E-state index contributed by atoms with van der Waals surface area (Å²) in [5.41, 5.74) is 4.97. The highest BCUT2D eigenvalue weighted by Gasteiger charge is 2.11. The van der Waals surface area contributed by atoms with Gasteiger partial charge in [0.15, 0.2) is 0 Å². The first-order chi connectivity index (χ1) is 5.15. The summed E-state index contributed by atoms with van der Waals surface area (Å²) < 4.78 is 25.2. The molecule has 0 atom stereocenters. The average Bonchev–Trinajstić information content (AvgIpc) is 1.85. The minimum atomic E-state index is -0.914. The SMILES string of the molecule is CSc1c(F)nc(N)nc1F. The molecule has 0 saturated heterocycles. The highest BCUT2D eigenvalue weighted by atomic mass is 32.2. The van der Waals surface area contributed by atoms with Gasteiger partial charge in [0.2, 0.25) is 17.8 Å². The molecule has 0 aliphatic rings. The van der Waals surface area contributed by atoms with E-state index in [4.69, 9.17) is 5.73 Å². The lowest BCUT2D eigenvalue weighted by atomic mass is 10.6. The lowest BCUT2D eigenvalue weighted by Gasteiger charge is -1.98. The van der Waals surface area contributed by atoms with E-state index in [1.165, 1.54) is 6.26 Å². The van der Waals surface area contributed by atoms with Gasteiger partial charge in [0.25, 0.3) is 0 Å². The number of thioether (sulfide) groups is 1. The maximum absolute atomic E-state index is 12.6. The summed E-state index contributed by atoms with van der Waals surface area (Å²) in [7, 11) is 0. The molecule has 11 heavy (non-hydrogen) atoms. The van der Waals surface area contributed by atoms with Gasteiger partial charge in [-0.3, -0.25) is 0 Å². The van der Waals surface area contributed by atoms with E-state index in [1.54, 1.807) is 0 Å². The average molecular weight is 177 g/mol. The topological polar surface area (TPSA) is 51.8 Å². The highest BCUT2D eigenvalue weighted by molar-refractivity contribution is 7.98. The quantitative estimate of drug-likeness (QED) is 0.514. The molecule has 0 aliphatic heterocycles. The van der Waals surface area contributed by atoms with Crippen LogP contribution in [0.25, 0.3) is 0 Å². The zero-order valence-electron chi connectivity index (χ0n) is 5.64. The van der Waals surface area contributed by atoms with Gasteiger partial charge in [-0.2, -0.15) is 18.7 Å². The van der Waals surface area contributed by atoms with Crippen LogP contribution in [0.15, 0.2) is 4.90 Å². The van der Waals surface area contributed by atoms with Crippen LogP contribution in [0.3, 0.4) is 0 Å². The Morgan fingerprint density at radius 2 is 1.73 bits per heavy atom. The smallest absolute Gasteiger partial charge is 0.234 e. The molecule has 0 radical (unpaired) electrons. The van der Waals surface area contributed by atoms with Crippen LogP contribution in [-0.2, 0) is 0 Å². The van der Waals surface area contributed by atoms with Crippen molar-refractivity contribution in [2.24, 2.45) is 0 Å². The van der Waals surface area contributed by atoms with Crippen molar-refractivity contribution in [2.75, 3.05) is 12.0 Å². The number of nitrogen functional groups attached to an aromatic ring is 1. The number of nitrogens with zero attached hydrogens (tertiary/aromatic N) is 2. The van der Waals surface area contributed by atoms with Crippen molar-refractivity contribution in [3.8, 4) is 0 Å². The molecule has 0 saturated carbocycles. The van der Waals surface area contributed by atoms with Gasteiger partial charge < -0.3 is 5.73 Å². The molecule has 3 nitrogen and oxygen atoms in total. The number of hydrogen-bond donors (Lipinski definition) is 1. The number of hydrogen-bond acceptors (Lipinski definition) is 4. The standard InChI is InChI=1S/C5H5F2N3S/c1-11-2-3(6)9-5(8)10-4(2)7/h1H3,(H2,8,9,10). The highest BCUT2D eigenvalue weighted by Crippen LogP contribution is 2.20. The fourth-order valence-electron chi connectivity index (χ4n) is 0.581. The van der Waals surface area contributed by atoms with Gasteiger partial charge >= 0.3 is 0 Å². The van der Waals surface area contributed by atoms with Gasteiger partial charge in [-0.15, -0.1) is 11.8 Å². The van der Waals surface area contributed by atoms with Crippen molar-refractivity contribution in [2.45, 2.75) is 4.90 Å². The molecule has 60 valence electrons. The minimum absolute atomic E-state index is 0.209. The Balaban J connectivity index is 3.25. The van der Waals surface area contributed by atoms with Crippen molar-refractivity contribution in [1.29, 1.82) is 0 Å². The Morgan fingerprint density at radius 3 is 2.09 bits per heavy atom. The Bertz CT molecular complexity index is 255. The molecule has 2 N–H and O–H groups in total. The third kappa shape index (κ3) is 1.56. The van der Waals surface area contributed by atoms with Gasteiger partial charge in [0.05, 0.1) is 0 Å². The van der Waals surface area contributed by atoms with Gasteiger partial charge in [-0.05, 0) is 6.26 Å². The second-order valence-electron chi connectivity index (χ2n) is 1.70. The maximum atomic E-state index is 12.6. The first-order valence-corrected chi connectivity index (χ1v) is 3.90. The van der Waals surface area contributed by atoms with Crippen LogP contribution in [0.4, 0.5) is 14.7 Å². The van der Waals surface area contributed by atoms with Crippen molar-refractivity contribution < 1.29 is 8.78 Å². The van der Waals surface area contributed by atoms with E-state index in [2.05, 4.69) is 9.97 Å². The molecule has 0 unspecified atom stereocenters. The number of nitrogens with two attached hydrogens (primary N) is 1. The first kappa shape index (κ1) is 8.19. The Hall–Kier alpha value is -0.910. The Kier molecular flexibility index (Phi) is 2.23. The third-order valence-electron chi connectivity index (χ3n) is 1.00. The molecule has 0 aromatic carbocycles. The number of rotatable bonds is 1. The minimum Gasteiger partial charge on any atom is -0.368 e. The molecule has 1 heterocycles. The lowest BCUT2D eigenvalue weighted by Crippen LogP contribution is -2.02. The molecule has 6 heteroatoms. The van der Waals surface area contributed by atoms with E-state index < -0.39 is 17.8 Å². The lowest BCUT2D eigenvalue weighted by molar-refractivity contribution is 0.486. The van der Waals surface area contributed by atoms with Crippen molar-refractivity contribution >= 4 is 17.7 Å². The predicted octanol–water partition coefficient (Wildman–Crippen LogP) is 1.06.